The van der Waals surface area contributed by atoms with Crippen molar-refractivity contribution in [2.45, 2.75) is 26.3 Å². The van der Waals surface area contributed by atoms with Gasteiger partial charge in [0.25, 0.3) is 0 Å². The Kier molecular flexibility index (Phi) is 3.69. The maximum atomic E-state index is 6.40. The largest absolute Gasteiger partial charge is 0.454 e. The zero-order valence-electron chi connectivity index (χ0n) is 13.3. The fourth-order valence-corrected chi connectivity index (χ4v) is 2.85. The Bertz CT molecular complexity index is 885. The molecule has 2 aromatic heterocycles. The predicted molar refractivity (Wildman–Crippen MR) is 88.5 cm³/mol. The van der Waals surface area contributed by atoms with Crippen LogP contribution in [0.15, 0.2) is 35.1 Å². The average molecular weight is 346 g/mol. The molecule has 24 heavy (non-hydrogen) atoms. The van der Waals surface area contributed by atoms with E-state index in [2.05, 4.69) is 24.0 Å². The molecule has 0 saturated carbocycles. The van der Waals surface area contributed by atoms with Gasteiger partial charge in [-0.25, -0.2) is 4.98 Å². The number of hydrogen-bond acceptors (Lipinski definition) is 5. The predicted octanol–water partition coefficient (Wildman–Crippen LogP) is 4.09. The molecule has 0 bridgehead atoms. The van der Waals surface area contributed by atoms with Crippen LogP contribution in [0.2, 0.25) is 5.02 Å². The molecular weight excluding hydrogens is 330 g/mol. The Morgan fingerprint density at radius 3 is 2.75 bits per heavy atom. The topological polar surface area (TPSA) is 62.3 Å². The molecular formula is C17H16ClN3O3. The average Bonchev–Trinajstić information content (AvgIpc) is 3.26. The summed E-state index contributed by atoms with van der Waals surface area (Å²) in [4.78, 5) is 4.43. The number of halogens is 1. The number of aromatic nitrogens is 3. The molecule has 0 amide bonds. The van der Waals surface area contributed by atoms with Crippen molar-refractivity contribution in [3.05, 3.63) is 47.1 Å². The Hall–Kier alpha value is -2.47. The van der Waals surface area contributed by atoms with Crippen molar-refractivity contribution in [2.75, 3.05) is 6.79 Å². The highest BCUT2D eigenvalue weighted by molar-refractivity contribution is 6.33. The monoisotopic (exact) mass is 345 g/mol. The first kappa shape index (κ1) is 15.1. The van der Waals surface area contributed by atoms with Gasteiger partial charge in [0.05, 0.1) is 17.3 Å². The first-order valence-corrected chi connectivity index (χ1v) is 8.06. The summed E-state index contributed by atoms with van der Waals surface area (Å²) < 4.78 is 18.2. The first-order valence-electron chi connectivity index (χ1n) is 7.68. The summed E-state index contributed by atoms with van der Waals surface area (Å²) in [6.07, 6.45) is 3.61. The second-order valence-electron chi connectivity index (χ2n) is 5.94. The first-order chi connectivity index (χ1) is 11.6. The Morgan fingerprint density at radius 1 is 1.21 bits per heavy atom. The van der Waals surface area contributed by atoms with E-state index >= 15 is 0 Å². The lowest BCUT2D eigenvalue weighted by Gasteiger charge is -2.08. The summed E-state index contributed by atoms with van der Waals surface area (Å²) in [6.45, 7) is 4.90. The fraction of sp³-hybridized carbons (Fsp3) is 0.294. The van der Waals surface area contributed by atoms with E-state index in [0.29, 0.717) is 29.0 Å². The van der Waals surface area contributed by atoms with Crippen LogP contribution in [-0.2, 0) is 6.54 Å². The van der Waals surface area contributed by atoms with Crippen LogP contribution in [-0.4, -0.2) is 21.5 Å². The summed E-state index contributed by atoms with van der Waals surface area (Å²) in [5.41, 5.74) is 1.72. The van der Waals surface area contributed by atoms with E-state index in [1.54, 1.807) is 12.3 Å². The minimum atomic E-state index is 0.208. The van der Waals surface area contributed by atoms with E-state index < -0.39 is 0 Å². The molecule has 1 aromatic carbocycles. The van der Waals surface area contributed by atoms with Gasteiger partial charge in [0, 0.05) is 30.1 Å². The number of hydrogen-bond donors (Lipinski definition) is 0. The molecule has 0 N–H and O–H groups in total. The molecule has 7 heteroatoms. The van der Waals surface area contributed by atoms with E-state index in [4.69, 9.17) is 25.6 Å². The molecule has 1 aliphatic heterocycles. The van der Waals surface area contributed by atoms with Gasteiger partial charge < -0.3 is 18.6 Å². The number of rotatable bonds is 4. The van der Waals surface area contributed by atoms with E-state index in [1.807, 2.05) is 22.9 Å². The summed E-state index contributed by atoms with van der Waals surface area (Å²) >= 11 is 6.40. The van der Waals surface area contributed by atoms with Crippen LogP contribution in [0, 0.1) is 0 Å². The van der Waals surface area contributed by atoms with Gasteiger partial charge >= 0.3 is 0 Å². The van der Waals surface area contributed by atoms with E-state index in [9.17, 15) is 0 Å². The molecule has 0 unspecified atom stereocenters. The van der Waals surface area contributed by atoms with Crippen molar-refractivity contribution in [1.82, 2.24) is 14.7 Å². The van der Waals surface area contributed by atoms with Crippen LogP contribution in [0.25, 0.3) is 11.4 Å². The molecule has 0 spiro atoms. The Morgan fingerprint density at radius 2 is 2.00 bits per heavy atom. The van der Waals surface area contributed by atoms with Gasteiger partial charge in [-0.15, -0.1) is 0 Å². The van der Waals surface area contributed by atoms with Crippen molar-refractivity contribution >= 4 is 11.6 Å². The molecule has 0 atom stereocenters. The SMILES string of the molecule is CC(C)c1cc(Cn2ccnc2-c2cc3c(cc2Cl)OCO3)on1. The van der Waals surface area contributed by atoms with Gasteiger partial charge in [0.15, 0.2) is 17.3 Å². The van der Waals surface area contributed by atoms with Crippen LogP contribution < -0.4 is 9.47 Å². The molecule has 4 rings (SSSR count). The van der Waals surface area contributed by atoms with Gasteiger partial charge in [0.1, 0.15) is 5.82 Å². The number of benzene rings is 1. The molecule has 0 radical (unpaired) electrons. The Balaban J connectivity index is 1.67. The highest BCUT2D eigenvalue weighted by Crippen LogP contribution is 2.40. The lowest BCUT2D eigenvalue weighted by Crippen LogP contribution is -2.00. The normalized spacial score (nSPS) is 13.0. The number of nitrogens with zero attached hydrogens (tertiary/aromatic N) is 3. The van der Waals surface area contributed by atoms with Gasteiger partial charge in [-0.2, -0.15) is 0 Å². The maximum absolute atomic E-state index is 6.40. The van der Waals surface area contributed by atoms with Gasteiger partial charge in [0.2, 0.25) is 6.79 Å². The second-order valence-corrected chi connectivity index (χ2v) is 6.34. The van der Waals surface area contributed by atoms with Crippen molar-refractivity contribution in [2.24, 2.45) is 0 Å². The number of fused-ring (bicyclic) bond motifs is 1. The summed E-state index contributed by atoms with van der Waals surface area (Å²) in [6, 6.07) is 5.57. The highest BCUT2D eigenvalue weighted by atomic mass is 35.5. The van der Waals surface area contributed by atoms with Crippen LogP contribution >= 0.6 is 11.6 Å². The van der Waals surface area contributed by atoms with Gasteiger partial charge in [-0.1, -0.05) is 30.6 Å². The number of ether oxygens (including phenoxy) is 2. The molecule has 3 heterocycles. The number of imidazole rings is 1. The van der Waals surface area contributed by atoms with Gasteiger partial charge in [-0.05, 0) is 12.0 Å². The van der Waals surface area contributed by atoms with Crippen LogP contribution in [0.4, 0.5) is 0 Å². The minimum Gasteiger partial charge on any atom is -0.454 e. The third kappa shape index (κ3) is 2.63. The third-order valence-corrected chi connectivity index (χ3v) is 4.23. The highest BCUT2D eigenvalue weighted by Gasteiger charge is 2.20. The minimum absolute atomic E-state index is 0.208. The fourth-order valence-electron chi connectivity index (χ4n) is 2.61. The summed E-state index contributed by atoms with van der Waals surface area (Å²) in [5, 5.41) is 4.65. The van der Waals surface area contributed by atoms with Crippen LogP contribution in [0.1, 0.15) is 31.2 Å². The van der Waals surface area contributed by atoms with Crippen molar-refractivity contribution in [3.63, 3.8) is 0 Å². The zero-order valence-corrected chi connectivity index (χ0v) is 14.1. The van der Waals surface area contributed by atoms with Crippen molar-refractivity contribution in [3.8, 4) is 22.9 Å². The molecule has 0 aliphatic carbocycles. The molecule has 3 aromatic rings. The van der Waals surface area contributed by atoms with E-state index in [0.717, 1.165) is 22.8 Å². The van der Waals surface area contributed by atoms with Crippen LogP contribution in [0.5, 0.6) is 11.5 Å². The molecule has 1 aliphatic rings. The maximum Gasteiger partial charge on any atom is 0.231 e. The molecule has 124 valence electrons. The van der Waals surface area contributed by atoms with Gasteiger partial charge in [-0.3, -0.25) is 0 Å². The summed E-state index contributed by atoms with van der Waals surface area (Å²) in [7, 11) is 0. The molecule has 0 fully saturated rings. The standard InChI is InChI=1S/C17H16ClN3O3/c1-10(2)14-5-11(24-20-14)8-21-4-3-19-17(21)12-6-15-16(7-13(12)18)23-9-22-15/h3-7,10H,8-9H2,1-2H3. The van der Waals surface area contributed by atoms with Crippen LogP contribution in [0.3, 0.4) is 0 Å². The Labute approximate surface area is 143 Å². The third-order valence-electron chi connectivity index (χ3n) is 3.91. The quantitative estimate of drug-likeness (QED) is 0.712. The molecule has 0 saturated heterocycles. The molecule has 6 nitrogen and oxygen atoms in total. The smallest absolute Gasteiger partial charge is 0.231 e. The van der Waals surface area contributed by atoms with E-state index in [-0.39, 0.29) is 6.79 Å². The van der Waals surface area contributed by atoms with Crippen molar-refractivity contribution < 1.29 is 14.0 Å². The second kappa shape index (κ2) is 5.87. The zero-order chi connectivity index (χ0) is 16.7. The van der Waals surface area contributed by atoms with Crippen molar-refractivity contribution in [1.29, 1.82) is 0 Å². The lowest BCUT2D eigenvalue weighted by molar-refractivity contribution is 0.174. The summed E-state index contributed by atoms with van der Waals surface area (Å²) in [5.74, 6) is 3.16. The lowest BCUT2D eigenvalue weighted by atomic mass is 10.1. The van der Waals surface area contributed by atoms with E-state index in [1.165, 1.54) is 0 Å².